The molecule has 0 aliphatic heterocycles. The van der Waals surface area contributed by atoms with Crippen molar-refractivity contribution in [2.75, 3.05) is 6.54 Å². The largest absolute Gasteiger partial charge is 0.390 e. The molecule has 116 valence electrons. The second-order valence-corrected chi connectivity index (χ2v) is 7.05. The first-order valence-electron chi connectivity index (χ1n) is 7.23. The standard InChI is InChI=1S/C14H26N2O3S/c1-4-5-6-7-8-15-20(18,19)14-9-13(11-17)16(10-14)12(2)3/h9-10,12,15,17H,4-8,11H2,1-3H3. The van der Waals surface area contributed by atoms with Crippen LogP contribution in [0.3, 0.4) is 0 Å². The Labute approximate surface area is 122 Å². The second-order valence-electron chi connectivity index (χ2n) is 5.28. The van der Waals surface area contributed by atoms with Gasteiger partial charge >= 0.3 is 0 Å². The van der Waals surface area contributed by atoms with Crippen LogP contribution in [0, 0.1) is 0 Å². The van der Waals surface area contributed by atoms with Crippen LogP contribution in [-0.4, -0.2) is 24.6 Å². The first-order valence-corrected chi connectivity index (χ1v) is 8.72. The Kier molecular flexibility index (Phi) is 6.71. The molecule has 0 aliphatic rings. The van der Waals surface area contributed by atoms with E-state index in [-0.39, 0.29) is 17.5 Å². The summed E-state index contributed by atoms with van der Waals surface area (Å²) in [7, 11) is -3.47. The van der Waals surface area contributed by atoms with Crippen LogP contribution in [0.15, 0.2) is 17.2 Å². The van der Waals surface area contributed by atoms with Crippen LogP contribution in [0.4, 0.5) is 0 Å². The quantitative estimate of drug-likeness (QED) is 0.688. The van der Waals surface area contributed by atoms with E-state index in [0.717, 1.165) is 25.7 Å². The molecule has 1 rings (SSSR count). The van der Waals surface area contributed by atoms with Gasteiger partial charge in [-0.15, -0.1) is 0 Å². The summed E-state index contributed by atoms with van der Waals surface area (Å²) in [6, 6.07) is 1.65. The summed E-state index contributed by atoms with van der Waals surface area (Å²) in [5.41, 5.74) is 0.617. The molecular weight excluding hydrogens is 276 g/mol. The smallest absolute Gasteiger partial charge is 0.242 e. The van der Waals surface area contributed by atoms with Crippen LogP contribution in [-0.2, 0) is 16.6 Å². The average Bonchev–Trinajstić information content (AvgIpc) is 2.83. The molecular formula is C14H26N2O3S. The zero-order valence-corrected chi connectivity index (χ0v) is 13.4. The van der Waals surface area contributed by atoms with E-state index in [1.54, 1.807) is 10.8 Å². The molecule has 0 unspecified atom stereocenters. The molecule has 0 fully saturated rings. The van der Waals surface area contributed by atoms with Gasteiger partial charge in [0.1, 0.15) is 0 Å². The molecule has 2 N–H and O–H groups in total. The van der Waals surface area contributed by atoms with Gasteiger partial charge in [-0.1, -0.05) is 26.2 Å². The van der Waals surface area contributed by atoms with Crippen LogP contribution in [0.1, 0.15) is 58.2 Å². The van der Waals surface area contributed by atoms with E-state index < -0.39 is 10.0 Å². The van der Waals surface area contributed by atoms with Gasteiger partial charge in [0.25, 0.3) is 0 Å². The summed E-state index contributed by atoms with van der Waals surface area (Å²) >= 11 is 0. The van der Waals surface area contributed by atoms with Crippen molar-refractivity contribution in [3.05, 3.63) is 18.0 Å². The Morgan fingerprint density at radius 3 is 2.50 bits per heavy atom. The zero-order valence-electron chi connectivity index (χ0n) is 12.6. The van der Waals surface area contributed by atoms with Crippen LogP contribution in [0.25, 0.3) is 0 Å². The number of hydrogen-bond donors (Lipinski definition) is 2. The molecule has 0 spiro atoms. The van der Waals surface area contributed by atoms with Crippen molar-refractivity contribution in [3.63, 3.8) is 0 Å². The van der Waals surface area contributed by atoms with Gasteiger partial charge < -0.3 is 9.67 Å². The lowest BCUT2D eigenvalue weighted by Crippen LogP contribution is -2.24. The maximum atomic E-state index is 12.2. The lowest BCUT2D eigenvalue weighted by Gasteiger charge is -2.10. The maximum absolute atomic E-state index is 12.2. The molecule has 0 amide bonds. The zero-order chi connectivity index (χ0) is 15.2. The maximum Gasteiger partial charge on any atom is 0.242 e. The molecule has 1 heterocycles. The Morgan fingerprint density at radius 2 is 2.00 bits per heavy atom. The Hall–Kier alpha value is -0.850. The lowest BCUT2D eigenvalue weighted by molar-refractivity contribution is 0.268. The number of rotatable bonds is 9. The van der Waals surface area contributed by atoms with E-state index in [4.69, 9.17) is 0 Å². The molecule has 0 saturated carbocycles. The van der Waals surface area contributed by atoms with Crippen molar-refractivity contribution in [3.8, 4) is 0 Å². The topological polar surface area (TPSA) is 71.3 Å². The Morgan fingerprint density at radius 1 is 1.30 bits per heavy atom. The van der Waals surface area contributed by atoms with Crippen LogP contribution in [0.5, 0.6) is 0 Å². The fourth-order valence-electron chi connectivity index (χ4n) is 2.09. The van der Waals surface area contributed by atoms with Crippen LogP contribution in [0.2, 0.25) is 0 Å². The fourth-order valence-corrected chi connectivity index (χ4v) is 3.22. The summed E-state index contributed by atoms with van der Waals surface area (Å²) in [6.07, 6.45) is 5.73. The van der Waals surface area contributed by atoms with Gasteiger partial charge in [-0.25, -0.2) is 13.1 Å². The van der Waals surface area contributed by atoms with E-state index in [1.807, 2.05) is 13.8 Å². The Balaban J connectivity index is 2.72. The molecule has 0 bridgehead atoms. The highest BCUT2D eigenvalue weighted by Crippen LogP contribution is 2.19. The van der Waals surface area contributed by atoms with Gasteiger partial charge in [-0.3, -0.25) is 0 Å². The summed E-state index contributed by atoms with van der Waals surface area (Å²) in [4.78, 5) is 0.228. The monoisotopic (exact) mass is 302 g/mol. The molecule has 1 aromatic heterocycles. The number of sulfonamides is 1. The second kappa shape index (κ2) is 7.81. The van der Waals surface area contributed by atoms with Gasteiger partial charge in [0.05, 0.1) is 11.5 Å². The predicted molar refractivity (Wildman–Crippen MR) is 80.1 cm³/mol. The molecule has 5 nitrogen and oxygen atoms in total. The number of aliphatic hydroxyl groups excluding tert-OH is 1. The van der Waals surface area contributed by atoms with Gasteiger partial charge in [-0.05, 0) is 26.3 Å². The van der Waals surface area contributed by atoms with Gasteiger partial charge in [0, 0.05) is 24.5 Å². The highest BCUT2D eigenvalue weighted by atomic mass is 32.2. The van der Waals surface area contributed by atoms with Crippen molar-refractivity contribution in [1.82, 2.24) is 9.29 Å². The summed E-state index contributed by atoms with van der Waals surface area (Å²) in [6.45, 7) is 6.32. The minimum absolute atomic E-state index is 0.116. The molecule has 6 heteroatoms. The van der Waals surface area contributed by atoms with E-state index >= 15 is 0 Å². The molecule has 0 aromatic carbocycles. The minimum Gasteiger partial charge on any atom is -0.390 e. The summed E-state index contributed by atoms with van der Waals surface area (Å²) in [5.74, 6) is 0. The highest BCUT2D eigenvalue weighted by Gasteiger charge is 2.18. The fraction of sp³-hybridized carbons (Fsp3) is 0.714. The van der Waals surface area contributed by atoms with Crippen molar-refractivity contribution in [2.24, 2.45) is 0 Å². The molecule has 1 aromatic rings. The van der Waals surface area contributed by atoms with Crippen molar-refractivity contribution in [1.29, 1.82) is 0 Å². The third-order valence-electron chi connectivity index (χ3n) is 3.26. The highest BCUT2D eigenvalue weighted by molar-refractivity contribution is 7.89. The molecule has 20 heavy (non-hydrogen) atoms. The molecule has 0 aliphatic carbocycles. The van der Waals surface area contributed by atoms with E-state index in [1.165, 1.54) is 6.07 Å². The number of aliphatic hydroxyl groups is 1. The number of nitrogens with one attached hydrogen (secondary N) is 1. The van der Waals surface area contributed by atoms with Gasteiger partial charge in [-0.2, -0.15) is 0 Å². The molecule has 0 saturated heterocycles. The average molecular weight is 302 g/mol. The SMILES string of the molecule is CCCCCCNS(=O)(=O)c1cc(CO)n(C(C)C)c1. The van der Waals surface area contributed by atoms with Gasteiger partial charge in [0.2, 0.25) is 10.0 Å². The number of unbranched alkanes of at least 4 members (excludes halogenated alkanes) is 3. The third-order valence-corrected chi connectivity index (χ3v) is 4.69. The third kappa shape index (κ3) is 4.61. The lowest BCUT2D eigenvalue weighted by atomic mass is 10.2. The molecule has 0 radical (unpaired) electrons. The number of aromatic nitrogens is 1. The van der Waals surface area contributed by atoms with Crippen molar-refractivity contribution >= 4 is 10.0 Å². The van der Waals surface area contributed by atoms with Crippen molar-refractivity contribution < 1.29 is 13.5 Å². The first-order chi connectivity index (χ1) is 9.42. The predicted octanol–water partition coefficient (Wildman–Crippen LogP) is 2.42. The van der Waals surface area contributed by atoms with E-state index in [2.05, 4.69) is 11.6 Å². The first kappa shape index (κ1) is 17.2. The summed E-state index contributed by atoms with van der Waals surface area (Å²) < 4.78 is 28.7. The number of nitrogens with zero attached hydrogens (tertiary/aromatic N) is 1. The number of hydrogen-bond acceptors (Lipinski definition) is 3. The van der Waals surface area contributed by atoms with Crippen LogP contribution < -0.4 is 4.72 Å². The summed E-state index contributed by atoms with van der Waals surface area (Å²) in [5, 5.41) is 9.28. The minimum atomic E-state index is -3.47. The normalized spacial score (nSPS) is 12.2. The van der Waals surface area contributed by atoms with Crippen molar-refractivity contribution in [2.45, 2.75) is 64.0 Å². The Bertz CT molecular complexity index is 506. The van der Waals surface area contributed by atoms with Gasteiger partial charge in [0.15, 0.2) is 0 Å². The van der Waals surface area contributed by atoms with E-state index in [9.17, 15) is 13.5 Å². The molecule has 0 atom stereocenters. The van der Waals surface area contributed by atoms with Crippen LogP contribution >= 0.6 is 0 Å². The van der Waals surface area contributed by atoms with E-state index in [0.29, 0.717) is 12.2 Å².